The summed E-state index contributed by atoms with van der Waals surface area (Å²) in [5.74, 6) is 1.63. The first-order chi connectivity index (χ1) is 36.8. The van der Waals surface area contributed by atoms with Crippen LogP contribution in [0.2, 0.25) is 5.15 Å². The number of carbonyl (C=O) groups excluding carboxylic acids is 3. The Hall–Kier alpha value is -7.70. The second kappa shape index (κ2) is 36.6. The van der Waals surface area contributed by atoms with Gasteiger partial charge >= 0.3 is 18.2 Å². The van der Waals surface area contributed by atoms with Crippen LogP contribution in [0.3, 0.4) is 0 Å². The first-order valence-electron chi connectivity index (χ1n) is 24.8. The molecule has 0 bridgehead atoms. The van der Waals surface area contributed by atoms with E-state index in [4.69, 9.17) is 32.0 Å². The van der Waals surface area contributed by atoms with Gasteiger partial charge in [-0.1, -0.05) is 19.0 Å². The van der Waals surface area contributed by atoms with Crippen molar-refractivity contribution in [3.63, 3.8) is 0 Å². The summed E-state index contributed by atoms with van der Waals surface area (Å²) >= 11 is 5.70. The number of rotatable bonds is 1. The third kappa shape index (κ3) is 25.8. The van der Waals surface area contributed by atoms with E-state index in [0.717, 1.165) is 69.4 Å². The topological polar surface area (TPSA) is 256 Å². The van der Waals surface area contributed by atoms with E-state index in [0.29, 0.717) is 41.7 Å². The van der Waals surface area contributed by atoms with Gasteiger partial charge in [0.15, 0.2) is 5.69 Å². The van der Waals surface area contributed by atoms with Crippen LogP contribution in [0.5, 0.6) is 0 Å². The number of methoxy groups -OCH3 is 1. The van der Waals surface area contributed by atoms with Crippen LogP contribution >= 0.6 is 33.9 Å². The van der Waals surface area contributed by atoms with Crippen LogP contribution in [-0.4, -0.2) is 77.4 Å². The van der Waals surface area contributed by atoms with Crippen LogP contribution in [0.15, 0.2) is 30.3 Å². The van der Waals surface area contributed by atoms with E-state index in [-0.39, 0.29) is 54.4 Å². The molecule has 82 heavy (non-hydrogen) atoms. The van der Waals surface area contributed by atoms with E-state index in [1.54, 1.807) is 52.5 Å². The summed E-state index contributed by atoms with van der Waals surface area (Å²) in [6.45, 7) is 35.4. The maximum Gasteiger partial charge on any atom is 0.506 e. The second-order valence-corrected chi connectivity index (χ2v) is 20.4. The molecule has 0 saturated carbocycles. The van der Waals surface area contributed by atoms with Crippen molar-refractivity contribution in [2.45, 2.75) is 169 Å². The van der Waals surface area contributed by atoms with Gasteiger partial charge in [-0.2, -0.15) is 20.4 Å². The average molecular weight is 1190 g/mol. The molecule has 2 amide bonds. The molecule has 0 aliphatic carbocycles. The normalized spacial score (nSPS) is 11.3. The van der Waals surface area contributed by atoms with E-state index in [2.05, 4.69) is 96.2 Å². The number of terminal acetylenes is 2. The predicted molar refractivity (Wildman–Crippen MR) is 332 cm³/mol. The number of hydrogen-bond acceptors (Lipinski definition) is 15. The summed E-state index contributed by atoms with van der Waals surface area (Å²) in [5.41, 5.74) is 16.2. The van der Waals surface area contributed by atoms with Crippen molar-refractivity contribution in [1.29, 1.82) is 10.5 Å². The predicted octanol–water partition coefficient (Wildman–Crippen LogP) is 12.5. The molecule has 5 aromatic heterocycles. The minimum absolute atomic E-state index is 0. The highest BCUT2D eigenvalue weighted by Crippen LogP contribution is 2.27. The number of pyridine rings is 5. The fourth-order valence-corrected chi connectivity index (χ4v) is 8.07. The van der Waals surface area contributed by atoms with Crippen LogP contribution < -0.4 is 10.6 Å². The quantitative estimate of drug-likeness (QED) is 0.0463. The van der Waals surface area contributed by atoms with Crippen molar-refractivity contribution in [1.82, 2.24) is 40.5 Å². The zero-order valence-electron chi connectivity index (χ0n) is 50.0. The number of nitriles is 2. The van der Waals surface area contributed by atoms with Crippen LogP contribution in [0, 0.1) is 117 Å². The number of carboxylic acid groups (broad SMARTS) is 1. The molecule has 446 valence electrons. The molecule has 3 aliphatic heterocycles. The van der Waals surface area contributed by atoms with Crippen molar-refractivity contribution in [3.05, 3.63) is 142 Å². The maximum atomic E-state index is 12.0. The lowest BCUT2D eigenvalue weighted by molar-refractivity contribution is 0.0148. The number of nitrogens with one attached hydrogen (secondary N) is 2. The third-order valence-corrected chi connectivity index (χ3v) is 11.1. The van der Waals surface area contributed by atoms with Gasteiger partial charge in [0.1, 0.15) is 34.2 Å². The van der Waals surface area contributed by atoms with Gasteiger partial charge < -0.3 is 30.0 Å². The van der Waals surface area contributed by atoms with E-state index in [1.165, 1.54) is 29.5 Å². The number of aromatic nitrogens is 5. The largest absolute Gasteiger partial charge is 0.506 e. The maximum absolute atomic E-state index is 12.0. The Labute approximate surface area is 502 Å². The Balaban J connectivity index is -0.000000446. The number of nitrogens with zero attached hydrogens (tertiary/aromatic N) is 8. The van der Waals surface area contributed by atoms with Crippen molar-refractivity contribution >= 4 is 58.0 Å². The Kier molecular flexibility index (Phi) is 35.1. The number of esters is 1. The van der Waals surface area contributed by atoms with Gasteiger partial charge in [-0.05, 0) is 187 Å². The lowest BCUT2D eigenvalue weighted by Crippen LogP contribution is -2.33. The molecule has 8 heterocycles. The number of aryl methyl sites for hydroxylation is 10. The van der Waals surface area contributed by atoms with Crippen molar-refractivity contribution in [2.24, 2.45) is 0 Å². The number of hydrogen-bond donors (Lipinski definition) is 3. The summed E-state index contributed by atoms with van der Waals surface area (Å²) in [6, 6.07) is 13.7. The van der Waals surface area contributed by atoms with E-state index < -0.39 is 23.3 Å². The molecule has 0 spiro atoms. The Morgan fingerprint density at radius 2 is 1.10 bits per heavy atom. The summed E-state index contributed by atoms with van der Waals surface area (Å²) in [7, 11) is 1.27. The molecule has 1 unspecified atom stereocenters. The van der Waals surface area contributed by atoms with Gasteiger partial charge in [-0.15, -0.1) is 37.6 Å². The minimum Gasteiger partial charge on any atom is -0.464 e. The highest BCUT2D eigenvalue weighted by atomic mass is 35.5. The van der Waals surface area contributed by atoms with Gasteiger partial charge in [0, 0.05) is 55.1 Å². The number of amides is 2. The van der Waals surface area contributed by atoms with Gasteiger partial charge in [0.25, 0.3) is 5.91 Å². The van der Waals surface area contributed by atoms with E-state index >= 15 is 0 Å². The van der Waals surface area contributed by atoms with Crippen molar-refractivity contribution in [3.8, 4) is 37.3 Å². The number of halogens is 2. The van der Waals surface area contributed by atoms with Gasteiger partial charge in [0.05, 0.1) is 42.7 Å². The molecule has 0 fully saturated rings. The van der Waals surface area contributed by atoms with Gasteiger partial charge in [0.2, 0.25) is 0 Å². The number of ether oxygens (including phenoxy) is 3. The van der Waals surface area contributed by atoms with Crippen molar-refractivity contribution in [2.75, 3.05) is 7.11 Å². The lowest BCUT2D eigenvalue weighted by atomic mass is 10.1. The lowest BCUT2D eigenvalue weighted by Gasteiger charge is -2.24. The summed E-state index contributed by atoms with van der Waals surface area (Å²) in [6.07, 6.45) is 11.1. The Bertz CT molecular complexity index is 3120. The molecule has 21 heteroatoms. The number of carbonyl (C=O) groups is 4. The first-order valence-corrected chi connectivity index (χ1v) is 25.2. The van der Waals surface area contributed by atoms with Crippen LogP contribution in [0.1, 0.15) is 174 Å². The molecule has 0 saturated heterocycles. The average Bonchev–Trinajstić information content (AvgIpc) is 4.08. The Morgan fingerprint density at radius 1 is 0.671 bits per heavy atom. The summed E-state index contributed by atoms with van der Waals surface area (Å²) < 4.78 is 14.3. The van der Waals surface area contributed by atoms with E-state index in [9.17, 15) is 19.2 Å². The molecule has 3 N–H and O–H groups in total. The molecule has 0 radical (unpaired) electrons. The fourth-order valence-electron chi connectivity index (χ4n) is 7.74. The molecule has 1 atom stereocenters. The van der Waals surface area contributed by atoms with Gasteiger partial charge in [-0.25, -0.2) is 29.3 Å². The molecule has 18 nitrogen and oxygen atoms in total. The highest BCUT2D eigenvalue weighted by molar-refractivity contribution is 6.92. The third-order valence-electron chi connectivity index (χ3n) is 10.8. The fraction of sp³-hybridized carbons (Fsp3) is 0.426. The number of fused-ring (bicyclic) bond motifs is 3. The Morgan fingerprint density at radius 3 is 1.55 bits per heavy atom. The SMILES string of the molecule is C.C#C.C#CC.CC(C)(C)OC(=O)O.COC(=O)c1nc(C)cc(C)c1C#N.Cc1cc(C)c(C#N)c(Cl)n1.Cc1cc(C)c2c(n1)C(=O)NC2.Cc1cc(C)c2c(n1)CN(C(=O)OC(C)(C)C)C2.Cc1cc(C)c2c(n1)CNC2.Cl.P.[HH]. The molecule has 5 aromatic rings. The van der Waals surface area contributed by atoms with Crippen LogP contribution in [-0.2, 0) is 46.9 Å². The molecular formula is C61H85Cl2N10O8P. The second-order valence-electron chi connectivity index (χ2n) is 20.1. The van der Waals surface area contributed by atoms with Crippen LogP contribution in [0.25, 0.3) is 0 Å². The summed E-state index contributed by atoms with van der Waals surface area (Å²) in [5, 5.41) is 31.8. The minimum atomic E-state index is -1.22. The van der Waals surface area contributed by atoms with Crippen molar-refractivity contribution < 1.29 is 39.9 Å². The highest BCUT2D eigenvalue weighted by Gasteiger charge is 2.30. The van der Waals surface area contributed by atoms with Gasteiger partial charge in [-0.3, -0.25) is 19.7 Å². The molecule has 0 aromatic carbocycles. The molecule has 8 rings (SSSR count). The standard InChI is InChI=1S/C14H20N2O2.C10H10N2O2.C9H10N2O.C9H12N2.C8H7ClN2.C5H10O3.C3H4.C2H2.CH4.ClH.H3P.H2/c1-9-6-10(2)15-12-8-16(7-11(9)12)13(17)18-14(3,4)5;1-6-4-7(2)12-9(8(6)5-11)10(13)14-3;1-5-3-6(2)11-8-7(5)4-10-9(8)12;1-6-3-7(2)11-9-5-10-4-8(6)9;1-5-3-6(2)11-8(9)7(5)4-10;1-5(2,3)8-4(6)7;1-3-2;1-2;;;;/h6H,7-8H2,1-5H3;4H,1-3H3;3H,4H2,1-2H3,(H,10,12);3,10H,4-5H2,1-2H3;3H,1-2H3;1-3H3,(H,6,7);1H,2H3;1-2H;1H4;1H;1H3;1H. The van der Waals surface area contributed by atoms with Crippen LogP contribution in [0.4, 0.5) is 9.59 Å². The zero-order valence-corrected chi connectivity index (χ0v) is 53.0. The monoisotopic (exact) mass is 1190 g/mol. The van der Waals surface area contributed by atoms with E-state index in [1.807, 2.05) is 86.6 Å². The molecule has 3 aliphatic rings. The molecular weight excluding hydrogens is 1100 g/mol. The first kappa shape index (κ1) is 78.5. The zero-order chi connectivity index (χ0) is 60.7. The summed E-state index contributed by atoms with van der Waals surface area (Å²) in [4.78, 5) is 67.0. The smallest absolute Gasteiger partial charge is 0.464 e.